The van der Waals surface area contributed by atoms with Gasteiger partial charge in [0.2, 0.25) is 5.95 Å². The van der Waals surface area contributed by atoms with Crippen molar-refractivity contribution < 1.29 is 4.79 Å². The van der Waals surface area contributed by atoms with Crippen LogP contribution in [0.15, 0.2) is 30.5 Å². The van der Waals surface area contributed by atoms with E-state index in [0.717, 1.165) is 22.4 Å². The van der Waals surface area contributed by atoms with E-state index >= 15 is 0 Å². The number of carbonyl (C=O) groups excluding carboxylic acids is 1. The molecule has 0 saturated heterocycles. The summed E-state index contributed by atoms with van der Waals surface area (Å²) in [6, 6.07) is 8.42. The zero-order chi connectivity index (χ0) is 18.3. The third-order valence-corrected chi connectivity index (χ3v) is 5.94. The summed E-state index contributed by atoms with van der Waals surface area (Å²) in [5.74, 6) is 0.779. The van der Waals surface area contributed by atoms with Crippen LogP contribution in [0.2, 0.25) is 0 Å². The first-order valence-corrected chi connectivity index (χ1v) is 9.49. The monoisotopic (exact) mass is 350 g/mol. The molecule has 2 aromatic rings. The lowest BCUT2D eigenvalue weighted by Crippen LogP contribution is -2.35. The Kier molecular flexibility index (Phi) is 4.17. The fraction of sp³-hybridized carbons (Fsp3) is 0.476. The van der Waals surface area contributed by atoms with Crippen LogP contribution >= 0.6 is 0 Å². The van der Waals surface area contributed by atoms with Gasteiger partial charge in [0.15, 0.2) is 0 Å². The van der Waals surface area contributed by atoms with Gasteiger partial charge in [0.05, 0.1) is 11.2 Å². The van der Waals surface area contributed by atoms with Crippen molar-refractivity contribution in [3.8, 4) is 11.3 Å². The highest BCUT2D eigenvalue weighted by Crippen LogP contribution is 2.39. The summed E-state index contributed by atoms with van der Waals surface area (Å²) in [5.41, 5.74) is 3.45. The molecule has 1 aromatic heterocycles. The minimum atomic E-state index is -0.307. The lowest BCUT2D eigenvalue weighted by atomic mass is 9.91. The molecule has 1 N–H and O–H groups in total. The predicted octanol–water partition coefficient (Wildman–Crippen LogP) is 4.21. The van der Waals surface area contributed by atoms with E-state index in [9.17, 15) is 4.79 Å². The molecular weight excluding hydrogens is 324 g/mol. The molecule has 0 unspecified atom stereocenters. The molecule has 1 fully saturated rings. The fourth-order valence-electron chi connectivity index (χ4n) is 4.03. The zero-order valence-electron chi connectivity index (χ0n) is 15.7. The number of hydrogen-bond donors (Lipinski definition) is 1. The van der Waals surface area contributed by atoms with Gasteiger partial charge in [-0.25, -0.2) is 9.97 Å². The van der Waals surface area contributed by atoms with E-state index in [1.54, 1.807) is 4.90 Å². The molecule has 1 aliphatic heterocycles. The Morgan fingerprint density at radius 1 is 1.15 bits per heavy atom. The van der Waals surface area contributed by atoms with Crippen molar-refractivity contribution >= 4 is 11.9 Å². The van der Waals surface area contributed by atoms with Crippen LogP contribution in [-0.2, 0) is 5.54 Å². The first-order chi connectivity index (χ1) is 12.5. The molecule has 0 spiro atoms. The van der Waals surface area contributed by atoms with Crippen molar-refractivity contribution in [2.24, 2.45) is 0 Å². The summed E-state index contributed by atoms with van der Waals surface area (Å²) in [6.45, 7) is 4.16. The van der Waals surface area contributed by atoms with E-state index < -0.39 is 0 Å². The summed E-state index contributed by atoms with van der Waals surface area (Å²) >= 11 is 0. The second-order valence-electron chi connectivity index (χ2n) is 7.93. The molecule has 2 aliphatic rings. The summed E-state index contributed by atoms with van der Waals surface area (Å²) < 4.78 is 0. The van der Waals surface area contributed by atoms with E-state index in [2.05, 4.69) is 30.2 Å². The van der Waals surface area contributed by atoms with Crippen LogP contribution in [0.4, 0.5) is 5.95 Å². The Hall–Kier alpha value is -2.43. The molecule has 4 rings (SSSR count). The number of amides is 1. The van der Waals surface area contributed by atoms with Crippen molar-refractivity contribution in [2.45, 2.75) is 57.5 Å². The quantitative estimate of drug-likeness (QED) is 0.901. The van der Waals surface area contributed by atoms with E-state index in [-0.39, 0.29) is 11.4 Å². The van der Waals surface area contributed by atoms with E-state index in [4.69, 9.17) is 4.98 Å². The number of nitrogens with one attached hydrogen (secondary N) is 1. The van der Waals surface area contributed by atoms with E-state index in [0.29, 0.717) is 12.0 Å². The van der Waals surface area contributed by atoms with Crippen molar-refractivity contribution in [1.82, 2.24) is 14.9 Å². The van der Waals surface area contributed by atoms with Crippen LogP contribution in [-0.4, -0.2) is 33.9 Å². The molecule has 2 heterocycles. The van der Waals surface area contributed by atoms with Gasteiger partial charge in [0, 0.05) is 30.4 Å². The van der Waals surface area contributed by atoms with Crippen molar-refractivity contribution in [2.75, 3.05) is 12.4 Å². The highest BCUT2D eigenvalue weighted by atomic mass is 16.2. The molecule has 0 bridgehead atoms. The zero-order valence-corrected chi connectivity index (χ0v) is 15.7. The first-order valence-electron chi connectivity index (χ1n) is 9.49. The SMILES string of the molecule is CN1C(=O)c2ccc(-c3ccnc(NC4CCCCC4)n3)cc2C1(C)C. The lowest BCUT2D eigenvalue weighted by Gasteiger charge is -2.28. The van der Waals surface area contributed by atoms with Crippen LogP contribution < -0.4 is 5.32 Å². The standard InChI is InChI=1S/C21H26N4O/c1-21(2)17-13-14(9-10-16(17)19(26)25(21)3)18-11-12-22-20(24-18)23-15-7-5-4-6-8-15/h9-13,15H,4-8H2,1-3H3,(H,22,23,24). The lowest BCUT2D eigenvalue weighted by molar-refractivity contribution is 0.0691. The minimum Gasteiger partial charge on any atom is -0.351 e. The van der Waals surface area contributed by atoms with Crippen molar-refractivity contribution in [1.29, 1.82) is 0 Å². The average molecular weight is 350 g/mol. The molecular formula is C21H26N4O. The smallest absolute Gasteiger partial charge is 0.254 e. The topological polar surface area (TPSA) is 58.1 Å². The number of fused-ring (bicyclic) bond motifs is 1. The maximum atomic E-state index is 12.4. The average Bonchev–Trinajstić information content (AvgIpc) is 2.83. The Bertz CT molecular complexity index is 840. The number of aromatic nitrogens is 2. The largest absolute Gasteiger partial charge is 0.351 e. The van der Waals surface area contributed by atoms with Crippen LogP contribution in [0.1, 0.15) is 61.9 Å². The van der Waals surface area contributed by atoms with Crippen molar-refractivity contribution in [3.63, 3.8) is 0 Å². The highest BCUT2D eigenvalue weighted by molar-refractivity contribution is 6.00. The molecule has 0 atom stereocenters. The van der Waals surface area contributed by atoms with Crippen LogP contribution in [0.5, 0.6) is 0 Å². The Morgan fingerprint density at radius 2 is 1.92 bits per heavy atom. The number of rotatable bonds is 3. The van der Waals surface area contributed by atoms with Gasteiger partial charge in [-0.15, -0.1) is 0 Å². The summed E-state index contributed by atoms with van der Waals surface area (Å²) in [7, 11) is 1.86. The van der Waals surface area contributed by atoms with Gasteiger partial charge in [0.25, 0.3) is 5.91 Å². The van der Waals surface area contributed by atoms with Crippen LogP contribution in [0.3, 0.4) is 0 Å². The maximum absolute atomic E-state index is 12.4. The minimum absolute atomic E-state index is 0.0823. The second kappa shape index (κ2) is 6.38. The fourth-order valence-corrected chi connectivity index (χ4v) is 4.03. The van der Waals surface area contributed by atoms with E-state index in [1.807, 2.05) is 31.4 Å². The normalized spacial score (nSPS) is 19.5. The van der Waals surface area contributed by atoms with Crippen LogP contribution in [0.25, 0.3) is 11.3 Å². The third-order valence-electron chi connectivity index (χ3n) is 5.94. The van der Waals surface area contributed by atoms with Gasteiger partial charge in [0.1, 0.15) is 0 Å². The van der Waals surface area contributed by atoms with Gasteiger partial charge in [-0.1, -0.05) is 25.3 Å². The molecule has 5 heteroatoms. The third kappa shape index (κ3) is 2.85. The van der Waals surface area contributed by atoms with Gasteiger partial charge in [-0.05, 0) is 50.5 Å². The van der Waals surface area contributed by atoms with E-state index in [1.165, 1.54) is 32.1 Å². The molecule has 1 aromatic carbocycles. The Labute approximate surface area is 154 Å². The molecule has 1 amide bonds. The predicted molar refractivity (Wildman–Crippen MR) is 103 cm³/mol. The van der Waals surface area contributed by atoms with Crippen LogP contribution in [0, 0.1) is 0 Å². The molecule has 136 valence electrons. The second-order valence-corrected chi connectivity index (χ2v) is 7.93. The number of anilines is 1. The Morgan fingerprint density at radius 3 is 2.69 bits per heavy atom. The highest BCUT2D eigenvalue weighted by Gasteiger charge is 2.40. The molecule has 1 aliphatic carbocycles. The number of nitrogens with zero attached hydrogens (tertiary/aromatic N) is 3. The van der Waals surface area contributed by atoms with Gasteiger partial charge in [-0.2, -0.15) is 0 Å². The Balaban J connectivity index is 1.64. The number of carbonyl (C=O) groups is 1. The number of hydrogen-bond acceptors (Lipinski definition) is 4. The van der Waals surface area contributed by atoms with Gasteiger partial charge < -0.3 is 10.2 Å². The summed E-state index contributed by atoms with van der Waals surface area (Å²) in [5, 5.41) is 3.49. The summed E-state index contributed by atoms with van der Waals surface area (Å²) in [6.07, 6.45) is 8.07. The number of benzene rings is 1. The van der Waals surface area contributed by atoms with Gasteiger partial charge >= 0.3 is 0 Å². The summed E-state index contributed by atoms with van der Waals surface area (Å²) in [4.78, 5) is 23.4. The first kappa shape index (κ1) is 17.0. The molecule has 0 radical (unpaired) electrons. The maximum Gasteiger partial charge on any atom is 0.254 e. The molecule has 26 heavy (non-hydrogen) atoms. The van der Waals surface area contributed by atoms with Crippen molar-refractivity contribution in [3.05, 3.63) is 41.6 Å². The molecule has 1 saturated carbocycles. The van der Waals surface area contributed by atoms with Gasteiger partial charge in [-0.3, -0.25) is 4.79 Å². The molecule has 5 nitrogen and oxygen atoms in total.